The Hall–Kier alpha value is -1.42. The molecule has 96 valence electrons. The second-order valence-corrected chi connectivity index (χ2v) is 4.74. The summed E-state index contributed by atoms with van der Waals surface area (Å²) in [6.07, 6.45) is 9.54. The minimum atomic E-state index is -0.0748. The van der Waals surface area contributed by atoms with Crippen molar-refractivity contribution >= 4 is 21.7 Å². The van der Waals surface area contributed by atoms with E-state index >= 15 is 0 Å². The molecule has 0 aliphatic carbocycles. The van der Waals surface area contributed by atoms with E-state index in [4.69, 9.17) is 5.73 Å². The summed E-state index contributed by atoms with van der Waals surface area (Å²) in [4.78, 5) is 15.8. The van der Waals surface area contributed by atoms with Crippen molar-refractivity contribution in [2.45, 2.75) is 26.2 Å². The first-order valence-electron chi connectivity index (χ1n) is 5.89. The summed E-state index contributed by atoms with van der Waals surface area (Å²) in [5.41, 5.74) is 6.90. The van der Waals surface area contributed by atoms with E-state index in [9.17, 15) is 4.79 Å². The lowest BCUT2D eigenvalue weighted by Crippen LogP contribution is -2.13. The third kappa shape index (κ3) is 5.27. The Bertz CT molecular complexity index is 467. The third-order valence-corrected chi connectivity index (χ3v) is 2.78. The third-order valence-electron chi connectivity index (χ3n) is 2.34. The van der Waals surface area contributed by atoms with Gasteiger partial charge in [0.15, 0.2) is 5.78 Å². The zero-order valence-electron chi connectivity index (χ0n) is 10.4. The Kier molecular flexibility index (Phi) is 6.36. The number of pyridine rings is 1. The molecule has 2 N–H and O–H groups in total. The summed E-state index contributed by atoms with van der Waals surface area (Å²) < 4.78 is 0.721. The van der Waals surface area contributed by atoms with Crippen molar-refractivity contribution in [2.24, 2.45) is 5.73 Å². The molecule has 3 nitrogen and oxygen atoms in total. The van der Waals surface area contributed by atoms with Gasteiger partial charge in [-0.2, -0.15) is 0 Å². The number of Topliss-reactive ketones (excluding diaryl/α,β-unsaturated/α-hetero) is 1. The Morgan fingerprint density at radius 3 is 3.00 bits per heavy atom. The molecule has 0 amide bonds. The van der Waals surface area contributed by atoms with Gasteiger partial charge in [-0.05, 0) is 46.1 Å². The minimum Gasteiger partial charge on any atom is -0.396 e. The molecule has 0 bridgehead atoms. The van der Waals surface area contributed by atoms with Crippen LogP contribution in [0.5, 0.6) is 0 Å². The molecule has 1 aromatic heterocycles. The van der Waals surface area contributed by atoms with Gasteiger partial charge >= 0.3 is 0 Å². The van der Waals surface area contributed by atoms with Gasteiger partial charge in [0.1, 0.15) is 4.60 Å². The fourth-order valence-corrected chi connectivity index (χ4v) is 1.78. The standard InChI is InChI=1S/C14H17BrN2O/c1-2-3-4-5-6-12(16)13(18)9-11-7-8-17-14(15)10-11/h4-8,10H,2-3,9,16H2,1H3/b5-4-,12-6-. The van der Waals surface area contributed by atoms with E-state index in [0.717, 1.165) is 23.0 Å². The molecular formula is C14H17BrN2O. The average Bonchev–Trinajstić information content (AvgIpc) is 2.34. The van der Waals surface area contributed by atoms with Gasteiger partial charge in [0.2, 0.25) is 0 Å². The van der Waals surface area contributed by atoms with Crippen LogP contribution in [0.4, 0.5) is 0 Å². The molecule has 0 aromatic carbocycles. The van der Waals surface area contributed by atoms with E-state index < -0.39 is 0 Å². The maximum atomic E-state index is 11.8. The van der Waals surface area contributed by atoms with Crippen molar-refractivity contribution in [2.75, 3.05) is 0 Å². The Morgan fingerprint density at radius 1 is 1.56 bits per heavy atom. The molecule has 0 saturated heterocycles. The molecule has 0 aliphatic heterocycles. The van der Waals surface area contributed by atoms with Crippen molar-refractivity contribution in [1.82, 2.24) is 4.98 Å². The van der Waals surface area contributed by atoms with Crippen LogP contribution in [0.15, 0.2) is 46.9 Å². The summed E-state index contributed by atoms with van der Waals surface area (Å²) in [6, 6.07) is 3.63. The number of hydrogen-bond acceptors (Lipinski definition) is 3. The molecule has 0 unspecified atom stereocenters. The number of nitrogens with two attached hydrogens (primary N) is 1. The maximum Gasteiger partial charge on any atom is 0.182 e. The Labute approximate surface area is 116 Å². The zero-order chi connectivity index (χ0) is 13.4. The number of carbonyl (C=O) groups is 1. The molecule has 4 heteroatoms. The Balaban J connectivity index is 2.59. The molecule has 0 saturated carbocycles. The molecule has 1 aromatic rings. The van der Waals surface area contributed by atoms with E-state index in [0.29, 0.717) is 6.42 Å². The fourth-order valence-electron chi connectivity index (χ4n) is 1.37. The molecule has 0 spiro atoms. The smallest absolute Gasteiger partial charge is 0.182 e. The predicted octanol–water partition coefficient (Wildman–Crippen LogP) is 3.15. The molecular weight excluding hydrogens is 292 g/mol. The van der Waals surface area contributed by atoms with Gasteiger partial charge in [0.25, 0.3) is 0 Å². The predicted molar refractivity (Wildman–Crippen MR) is 77.0 cm³/mol. The van der Waals surface area contributed by atoms with Crippen LogP contribution in [0.3, 0.4) is 0 Å². The quantitative estimate of drug-likeness (QED) is 0.499. The average molecular weight is 309 g/mol. The normalized spacial score (nSPS) is 12.0. The van der Waals surface area contributed by atoms with Gasteiger partial charge in [-0.15, -0.1) is 0 Å². The first-order valence-corrected chi connectivity index (χ1v) is 6.68. The minimum absolute atomic E-state index is 0.0748. The largest absolute Gasteiger partial charge is 0.396 e. The molecule has 1 heterocycles. The van der Waals surface area contributed by atoms with Crippen LogP contribution in [-0.2, 0) is 11.2 Å². The summed E-state index contributed by atoms with van der Waals surface area (Å²) in [5, 5.41) is 0. The Morgan fingerprint density at radius 2 is 2.33 bits per heavy atom. The lowest BCUT2D eigenvalue weighted by Gasteiger charge is -2.01. The summed E-state index contributed by atoms with van der Waals surface area (Å²) >= 11 is 3.27. The highest BCUT2D eigenvalue weighted by molar-refractivity contribution is 9.10. The van der Waals surface area contributed by atoms with Crippen molar-refractivity contribution in [1.29, 1.82) is 0 Å². The number of rotatable bonds is 6. The lowest BCUT2D eigenvalue weighted by molar-refractivity contribution is -0.115. The van der Waals surface area contributed by atoms with Crippen LogP contribution < -0.4 is 5.73 Å². The number of allylic oxidation sites excluding steroid dienone is 4. The topological polar surface area (TPSA) is 56.0 Å². The van der Waals surface area contributed by atoms with E-state index in [-0.39, 0.29) is 11.5 Å². The zero-order valence-corrected chi connectivity index (χ0v) is 12.0. The van der Waals surface area contributed by atoms with Gasteiger partial charge in [-0.1, -0.05) is 25.5 Å². The second-order valence-electron chi connectivity index (χ2n) is 3.93. The monoisotopic (exact) mass is 308 g/mol. The molecule has 1 rings (SSSR count). The van der Waals surface area contributed by atoms with Crippen LogP contribution in [0.2, 0.25) is 0 Å². The van der Waals surface area contributed by atoms with E-state index in [1.54, 1.807) is 12.3 Å². The van der Waals surface area contributed by atoms with E-state index in [1.807, 2.05) is 24.3 Å². The number of unbranched alkanes of at least 4 members (excludes halogenated alkanes) is 1. The van der Waals surface area contributed by atoms with Gasteiger partial charge in [0.05, 0.1) is 5.70 Å². The second kappa shape index (κ2) is 7.82. The van der Waals surface area contributed by atoms with Crippen LogP contribution >= 0.6 is 15.9 Å². The maximum absolute atomic E-state index is 11.8. The van der Waals surface area contributed by atoms with Crippen LogP contribution in [-0.4, -0.2) is 10.8 Å². The van der Waals surface area contributed by atoms with Crippen LogP contribution in [0.25, 0.3) is 0 Å². The van der Waals surface area contributed by atoms with Gasteiger partial charge < -0.3 is 5.73 Å². The van der Waals surface area contributed by atoms with Gasteiger partial charge in [-0.3, -0.25) is 4.79 Å². The number of hydrogen-bond donors (Lipinski definition) is 1. The van der Waals surface area contributed by atoms with Crippen molar-refractivity contribution in [3.8, 4) is 0 Å². The van der Waals surface area contributed by atoms with Gasteiger partial charge in [0, 0.05) is 12.6 Å². The summed E-state index contributed by atoms with van der Waals surface area (Å²) in [5.74, 6) is -0.0748. The molecule has 0 aliphatic rings. The van der Waals surface area contributed by atoms with Gasteiger partial charge in [-0.25, -0.2) is 4.98 Å². The number of nitrogens with zero attached hydrogens (tertiary/aromatic N) is 1. The van der Waals surface area contributed by atoms with Crippen LogP contribution in [0, 0.1) is 0 Å². The fraction of sp³-hybridized carbons (Fsp3) is 0.286. The molecule has 0 atom stereocenters. The first-order chi connectivity index (χ1) is 8.63. The van der Waals surface area contributed by atoms with E-state index in [1.165, 1.54) is 0 Å². The molecule has 0 fully saturated rings. The van der Waals surface area contributed by atoms with Crippen molar-refractivity contribution < 1.29 is 4.79 Å². The van der Waals surface area contributed by atoms with E-state index in [2.05, 4.69) is 27.8 Å². The number of halogens is 1. The highest BCUT2D eigenvalue weighted by Crippen LogP contribution is 2.09. The highest BCUT2D eigenvalue weighted by Gasteiger charge is 2.06. The number of ketones is 1. The summed E-state index contributed by atoms with van der Waals surface area (Å²) in [6.45, 7) is 2.10. The SMILES string of the molecule is CCC/C=C\C=C(/N)C(=O)Cc1ccnc(Br)c1. The van der Waals surface area contributed by atoms with Crippen LogP contribution in [0.1, 0.15) is 25.3 Å². The highest BCUT2D eigenvalue weighted by atomic mass is 79.9. The van der Waals surface area contributed by atoms with Crippen molar-refractivity contribution in [3.63, 3.8) is 0 Å². The molecule has 18 heavy (non-hydrogen) atoms. The lowest BCUT2D eigenvalue weighted by atomic mass is 10.1. The number of carbonyl (C=O) groups excluding carboxylic acids is 1. The molecule has 0 radical (unpaired) electrons. The van der Waals surface area contributed by atoms with Crippen molar-refractivity contribution in [3.05, 3.63) is 52.4 Å². The first kappa shape index (κ1) is 14.6. The number of aromatic nitrogens is 1. The summed E-state index contributed by atoms with van der Waals surface area (Å²) in [7, 11) is 0.